The number of carboxylic acids is 1. The predicted molar refractivity (Wildman–Crippen MR) is 124 cm³/mol. The van der Waals surface area contributed by atoms with Crippen LogP contribution in [-0.2, 0) is 11.2 Å². The van der Waals surface area contributed by atoms with E-state index in [0.29, 0.717) is 17.7 Å². The SMILES string of the molecule is CNc1ccc(CCC(=O)O)cc1.CO.N=C(c1ccccc1)c1cccc(C=O)c1. The van der Waals surface area contributed by atoms with Gasteiger partial charge in [-0.2, -0.15) is 0 Å². The van der Waals surface area contributed by atoms with Crippen LogP contribution in [0.25, 0.3) is 0 Å². The Morgan fingerprint density at radius 3 is 2.10 bits per heavy atom. The van der Waals surface area contributed by atoms with Crippen LogP contribution in [0.1, 0.15) is 33.5 Å². The lowest BCUT2D eigenvalue weighted by molar-refractivity contribution is -0.136. The Labute approximate surface area is 182 Å². The molecule has 0 heterocycles. The smallest absolute Gasteiger partial charge is 0.303 e. The fraction of sp³-hybridized carbons (Fsp3) is 0.160. The van der Waals surface area contributed by atoms with Gasteiger partial charge in [0.25, 0.3) is 0 Å². The summed E-state index contributed by atoms with van der Waals surface area (Å²) in [5.41, 5.74) is 4.74. The molecule has 6 nitrogen and oxygen atoms in total. The van der Waals surface area contributed by atoms with Gasteiger partial charge in [-0.3, -0.25) is 15.0 Å². The van der Waals surface area contributed by atoms with Crippen molar-refractivity contribution in [1.82, 2.24) is 0 Å². The van der Waals surface area contributed by atoms with Gasteiger partial charge < -0.3 is 15.5 Å². The van der Waals surface area contributed by atoms with Gasteiger partial charge in [-0.1, -0.05) is 60.7 Å². The molecule has 0 aliphatic heterocycles. The van der Waals surface area contributed by atoms with Gasteiger partial charge in [-0.25, -0.2) is 0 Å². The van der Waals surface area contributed by atoms with Gasteiger partial charge in [0.1, 0.15) is 6.29 Å². The van der Waals surface area contributed by atoms with Crippen molar-refractivity contribution in [2.45, 2.75) is 12.8 Å². The molecule has 162 valence electrons. The van der Waals surface area contributed by atoms with Crippen LogP contribution >= 0.6 is 0 Å². The Morgan fingerprint density at radius 2 is 1.55 bits per heavy atom. The standard InChI is InChI=1S/C14H11NO.C10H13NO2.CH4O/c15-14(12-6-2-1-3-7-12)13-8-4-5-11(9-13)10-16;1-11-9-5-2-8(3-6-9)4-7-10(12)13;1-2/h1-10,15H;2-3,5-6,11H,4,7H2,1H3,(H,12,13);2H,1H3. The van der Waals surface area contributed by atoms with Crippen molar-refractivity contribution in [3.63, 3.8) is 0 Å². The Bertz CT molecular complexity index is 955. The summed E-state index contributed by atoms with van der Waals surface area (Å²) in [5.74, 6) is -0.752. The third kappa shape index (κ3) is 9.06. The number of carbonyl (C=O) groups is 2. The van der Waals surface area contributed by atoms with Crippen molar-refractivity contribution in [2.75, 3.05) is 19.5 Å². The molecule has 3 aromatic carbocycles. The number of aryl methyl sites for hydroxylation is 1. The van der Waals surface area contributed by atoms with Crippen molar-refractivity contribution < 1.29 is 19.8 Å². The molecule has 0 amide bonds. The van der Waals surface area contributed by atoms with E-state index < -0.39 is 5.97 Å². The van der Waals surface area contributed by atoms with Crippen molar-refractivity contribution in [2.24, 2.45) is 0 Å². The Morgan fingerprint density at radius 1 is 0.935 bits per heavy atom. The molecule has 0 bridgehead atoms. The van der Waals surface area contributed by atoms with E-state index in [1.54, 1.807) is 18.2 Å². The highest BCUT2D eigenvalue weighted by Gasteiger charge is 2.04. The minimum atomic E-state index is -0.752. The summed E-state index contributed by atoms with van der Waals surface area (Å²) in [6.07, 6.45) is 1.58. The monoisotopic (exact) mass is 420 g/mol. The molecule has 0 spiro atoms. The van der Waals surface area contributed by atoms with Crippen LogP contribution in [0.5, 0.6) is 0 Å². The van der Waals surface area contributed by atoms with Crippen LogP contribution in [0.15, 0.2) is 78.9 Å². The minimum Gasteiger partial charge on any atom is -0.481 e. The quantitative estimate of drug-likeness (QED) is 0.337. The van der Waals surface area contributed by atoms with Gasteiger partial charge in [0.2, 0.25) is 0 Å². The van der Waals surface area contributed by atoms with Crippen molar-refractivity contribution in [1.29, 1.82) is 5.41 Å². The number of benzene rings is 3. The van der Waals surface area contributed by atoms with E-state index in [-0.39, 0.29) is 6.42 Å². The Kier molecular flexibility index (Phi) is 11.6. The van der Waals surface area contributed by atoms with E-state index in [1.165, 1.54) is 0 Å². The van der Waals surface area contributed by atoms with E-state index in [1.807, 2.05) is 67.7 Å². The van der Waals surface area contributed by atoms with Crippen molar-refractivity contribution in [3.8, 4) is 0 Å². The van der Waals surface area contributed by atoms with E-state index in [4.69, 9.17) is 15.6 Å². The van der Waals surface area contributed by atoms with Gasteiger partial charge >= 0.3 is 5.97 Å². The van der Waals surface area contributed by atoms with Crippen molar-refractivity contribution >= 4 is 23.7 Å². The number of aliphatic carboxylic acids is 1. The van der Waals surface area contributed by atoms with Crippen LogP contribution < -0.4 is 5.32 Å². The molecular formula is C25H28N2O4. The molecule has 0 aromatic heterocycles. The number of aldehydes is 1. The zero-order valence-corrected chi connectivity index (χ0v) is 17.7. The van der Waals surface area contributed by atoms with Crippen LogP contribution in [0, 0.1) is 5.41 Å². The first-order valence-electron chi connectivity index (χ1n) is 9.66. The average molecular weight is 421 g/mol. The lowest BCUT2D eigenvalue weighted by atomic mass is 10.0. The zero-order chi connectivity index (χ0) is 23.1. The molecule has 4 N–H and O–H groups in total. The number of rotatable bonds is 7. The molecule has 0 aliphatic rings. The number of anilines is 1. The number of aliphatic hydroxyl groups excluding tert-OH is 1. The Hall–Kier alpha value is -3.77. The minimum absolute atomic E-state index is 0.193. The fourth-order valence-electron chi connectivity index (χ4n) is 2.63. The van der Waals surface area contributed by atoms with E-state index in [0.717, 1.165) is 35.8 Å². The molecule has 3 aromatic rings. The third-order valence-electron chi connectivity index (χ3n) is 4.24. The molecule has 0 radical (unpaired) electrons. The average Bonchev–Trinajstić information content (AvgIpc) is 2.84. The van der Waals surface area contributed by atoms with Crippen LogP contribution in [0.4, 0.5) is 5.69 Å². The van der Waals surface area contributed by atoms with Gasteiger partial charge in [0.15, 0.2) is 0 Å². The summed E-state index contributed by atoms with van der Waals surface area (Å²) in [5, 5.41) is 26.5. The summed E-state index contributed by atoms with van der Waals surface area (Å²) in [6.45, 7) is 0. The van der Waals surface area contributed by atoms with E-state index in [2.05, 4.69) is 5.32 Å². The largest absolute Gasteiger partial charge is 0.481 e. The molecule has 0 fully saturated rings. The zero-order valence-electron chi connectivity index (χ0n) is 17.7. The number of carboxylic acid groups (broad SMARTS) is 1. The lowest BCUT2D eigenvalue weighted by Gasteiger charge is -2.04. The maximum atomic E-state index is 10.6. The maximum absolute atomic E-state index is 10.6. The molecule has 0 saturated heterocycles. The number of carbonyl (C=O) groups excluding carboxylic acids is 1. The summed E-state index contributed by atoms with van der Waals surface area (Å²) in [7, 11) is 2.85. The number of aliphatic hydroxyl groups is 1. The van der Waals surface area contributed by atoms with Crippen LogP contribution in [-0.4, -0.2) is 42.3 Å². The molecule has 0 aliphatic carbocycles. The van der Waals surface area contributed by atoms with E-state index >= 15 is 0 Å². The molecule has 0 atom stereocenters. The molecule has 6 heteroatoms. The summed E-state index contributed by atoms with van der Waals surface area (Å²) < 4.78 is 0. The second kappa shape index (κ2) is 14.3. The third-order valence-corrected chi connectivity index (χ3v) is 4.24. The first-order valence-corrected chi connectivity index (χ1v) is 9.66. The molecule has 0 unspecified atom stereocenters. The second-order valence-electron chi connectivity index (χ2n) is 6.33. The molecular weight excluding hydrogens is 392 g/mol. The number of hydrogen-bond acceptors (Lipinski definition) is 5. The molecule has 31 heavy (non-hydrogen) atoms. The van der Waals surface area contributed by atoms with E-state index in [9.17, 15) is 9.59 Å². The van der Waals surface area contributed by atoms with Gasteiger partial charge in [0, 0.05) is 37.4 Å². The van der Waals surface area contributed by atoms with Crippen molar-refractivity contribution in [3.05, 3.63) is 101 Å². The Balaban J connectivity index is 0.000000293. The van der Waals surface area contributed by atoms with Gasteiger partial charge in [-0.15, -0.1) is 0 Å². The van der Waals surface area contributed by atoms with Gasteiger partial charge in [-0.05, 0) is 35.7 Å². The van der Waals surface area contributed by atoms with Crippen LogP contribution in [0.2, 0.25) is 0 Å². The first kappa shape index (κ1) is 25.3. The lowest BCUT2D eigenvalue weighted by Crippen LogP contribution is -2.01. The first-order chi connectivity index (χ1) is 15.0. The maximum Gasteiger partial charge on any atom is 0.303 e. The highest BCUT2D eigenvalue weighted by Crippen LogP contribution is 2.11. The fourth-order valence-corrected chi connectivity index (χ4v) is 2.63. The molecule has 0 saturated carbocycles. The van der Waals surface area contributed by atoms with Gasteiger partial charge in [0.05, 0.1) is 5.71 Å². The summed E-state index contributed by atoms with van der Waals surface area (Å²) >= 11 is 0. The summed E-state index contributed by atoms with van der Waals surface area (Å²) in [4.78, 5) is 20.9. The topological polar surface area (TPSA) is 110 Å². The normalized spacial score (nSPS) is 9.26. The number of hydrogen-bond donors (Lipinski definition) is 4. The van der Waals surface area contributed by atoms with Crippen LogP contribution in [0.3, 0.4) is 0 Å². The second-order valence-corrected chi connectivity index (χ2v) is 6.33. The highest BCUT2D eigenvalue weighted by atomic mass is 16.4. The molecule has 3 rings (SSSR count). The summed E-state index contributed by atoms with van der Waals surface area (Å²) in [6, 6.07) is 24.3. The highest BCUT2D eigenvalue weighted by molar-refractivity contribution is 6.11. The predicted octanol–water partition coefficient (Wildman–Crippen LogP) is 4.27. The number of nitrogens with one attached hydrogen (secondary N) is 2.